The van der Waals surface area contributed by atoms with Crippen molar-refractivity contribution in [3.63, 3.8) is 0 Å². The molecule has 1 rings (SSSR count). The van der Waals surface area contributed by atoms with Gasteiger partial charge in [-0.1, -0.05) is 0 Å². The van der Waals surface area contributed by atoms with Crippen LogP contribution in [0.4, 0.5) is 8.78 Å². The van der Waals surface area contributed by atoms with Crippen LogP contribution in [0.1, 0.15) is 12.8 Å². The fourth-order valence-electron chi connectivity index (χ4n) is 1.66. The second-order valence-corrected chi connectivity index (χ2v) is 3.49. The molecule has 0 aromatic heterocycles. The molecule has 0 atom stereocenters. The Balaban J connectivity index is 2.29. The normalized spacial score (nSPS) is 28.2. The minimum Gasteiger partial charge on any atom is -0.395 e. The fraction of sp³-hybridized carbons (Fsp3) is 1.00. The van der Waals surface area contributed by atoms with Crippen LogP contribution in [0.3, 0.4) is 0 Å². The average Bonchev–Trinajstić information content (AvgIpc) is 1.97. The van der Waals surface area contributed by atoms with Crippen molar-refractivity contribution in [2.75, 3.05) is 19.7 Å². The van der Waals surface area contributed by atoms with Gasteiger partial charge in [0.25, 0.3) is 6.43 Å². The second-order valence-electron chi connectivity index (χ2n) is 3.49. The van der Waals surface area contributed by atoms with Gasteiger partial charge >= 0.3 is 0 Å². The molecular formula is C8H16F2N2O. The number of alkyl halides is 2. The van der Waals surface area contributed by atoms with Gasteiger partial charge in [-0.15, -0.1) is 0 Å². The Kier molecular flexibility index (Phi) is 4.02. The molecule has 3 nitrogen and oxygen atoms in total. The van der Waals surface area contributed by atoms with Gasteiger partial charge in [0.1, 0.15) is 0 Å². The Morgan fingerprint density at radius 2 is 2.08 bits per heavy atom. The minimum atomic E-state index is -2.33. The molecule has 3 N–H and O–H groups in total. The van der Waals surface area contributed by atoms with E-state index in [0.29, 0.717) is 6.54 Å². The predicted octanol–water partition coefficient (Wildman–Crippen LogP) is 0.0355. The van der Waals surface area contributed by atoms with E-state index in [0.717, 1.165) is 12.8 Å². The quantitative estimate of drug-likeness (QED) is 0.649. The number of halogens is 2. The molecule has 13 heavy (non-hydrogen) atoms. The maximum atomic E-state index is 12.1. The van der Waals surface area contributed by atoms with Crippen LogP contribution in [0, 0.1) is 0 Å². The third-order valence-electron chi connectivity index (χ3n) is 2.43. The van der Waals surface area contributed by atoms with Crippen LogP contribution in [0.5, 0.6) is 0 Å². The molecule has 0 aromatic rings. The van der Waals surface area contributed by atoms with E-state index in [1.807, 2.05) is 0 Å². The highest BCUT2D eigenvalue weighted by Crippen LogP contribution is 2.24. The standard InChI is InChI=1S/C8H16F2N2O/c9-8(10)5-12(1-2-13)7-3-6(11)4-7/h6-8,13H,1-5,11H2. The van der Waals surface area contributed by atoms with Crippen molar-refractivity contribution in [1.82, 2.24) is 4.90 Å². The predicted molar refractivity (Wildman–Crippen MR) is 45.7 cm³/mol. The van der Waals surface area contributed by atoms with Crippen LogP contribution in [-0.4, -0.2) is 48.2 Å². The summed E-state index contributed by atoms with van der Waals surface area (Å²) in [5.41, 5.74) is 5.56. The molecule has 1 aliphatic carbocycles. The number of nitrogens with zero attached hydrogens (tertiary/aromatic N) is 1. The molecule has 0 bridgehead atoms. The summed E-state index contributed by atoms with van der Waals surface area (Å²) in [6, 6.07) is 0.306. The zero-order chi connectivity index (χ0) is 9.84. The second kappa shape index (κ2) is 4.83. The highest BCUT2D eigenvalue weighted by molar-refractivity contribution is 4.89. The van der Waals surface area contributed by atoms with Crippen LogP contribution in [0.25, 0.3) is 0 Å². The summed E-state index contributed by atoms with van der Waals surface area (Å²) in [6.45, 7) is -0.00185. The van der Waals surface area contributed by atoms with Crippen molar-refractivity contribution in [3.8, 4) is 0 Å². The van der Waals surface area contributed by atoms with Crippen molar-refractivity contribution >= 4 is 0 Å². The lowest BCUT2D eigenvalue weighted by molar-refractivity contribution is 0.0257. The van der Waals surface area contributed by atoms with E-state index in [9.17, 15) is 8.78 Å². The van der Waals surface area contributed by atoms with Crippen molar-refractivity contribution in [1.29, 1.82) is 0 Å². The molecule has 0 amide bonds. The third-order valence-corrected chi connectivity index (χ3v) is 2.43. The van der Waals surface area contributed by atoms with Gasteiger partial charge in [-0.3, -0.25) is 4.90 Å². The van der Waals surface area contributed by atoms with E-state index in [1.54, 1.807) is 4.90 Å². The van der Waals surface area contributed by atoms with Crippen molar-refractivity contribution < 1.29 is 13.9 Å². The van der Waals surface area contributed by atoms with Crippen molar-refractivity contribution in [2.24, 2.45) is 5.73 Å². The fourth-order valence-corrected chi connectivity index (χ4v) is 1.66. The van der Waals surface area contributed by atoms with Gasteiger partial charge in [0.15, 0.2) is 0 Å². The number of aliphatic hydroxyl groups excluding tert-OH is 1. The van der Waals surface area contributed by atoms with Crippen molar-refractivity contribution in [2.45, 2.75) is 31.4 Å². The Bertz CT molecular complexity index is 151. The molecule has 0 radical (unpaired) electrons. The summed E-state index contributed by atoms with van der Waals surface area (Å²) in [4.78, 5) is 1.62. The maximum Gasteiger partial charge on any atom is 0.251 e. The summed E-state index contributed by atoms with van der Waals surface area (Å²) < 4.78 is 24.1. The van der Waals surface area contributed by atoms with E-state index >= 15 is 0 Å². The highest BCUT2D eigenvalue weighted by Gasteiger charge is 2.31. The van der Waals surface area contributed by atoms with E-state index in [2.05, 4.69) is 0 Å². The third kappa shape index (κ3) is 3.17. The molecule has 5 heteroatoms. The Hall–Kier alpha value is -0.260. The maximum absolute atomic E-state index is 12.1. The first-order chi connectivity index (χ1) is 6.13. The van der Waals surface area contributed by atoms with Gasteiger partial charge in [-0.2, -0.15) is 0 Å². The van der Waals surface area contributed by atoms with E-state index < -0.39 is 6.43 Å². The van der Waals surface area contributed by atoms with E-state index in [4.69, 9.17) is 10.8 Å². The first kappa shape index (κ1) is 10.8. The molecule has 0 spiro atoms. The molecule has 0 unspecified atom stereocenters. The number of nitrogens with two attached hydrogens (primary N) is 1. The molecule has 0 aliphatic heterocycles. The van der Waals surface area contributed by atoms with Crippen LogP contribution >= 0.6 is 0 Å². The Labute approximate surface area is 76.5 Å². The molecule has 1 saturated carbocycles. The van der Waals surface area contributed by atoms with Crippen LogP contribution in [0.2, 0.25) is 0 Å². The van der Waals surface area contributed by atoms with Crippen molar-refractivity contribution in [3.05, 3.63) is 0 Å². The van der Waals surface area contributed by atoms with E-state index in [1.165, 1.54) is 0 Å². The lowest BCUT2D eigenvalue weighted by Gasteiger charge is -2.41. The lowest BCUT2D eigenvalue weighted by atomic mass is 9.86. The molecule has 1 aliphatic rings. The monoisotopic (exact) mass is 194 g/mol. The summed E-state index contributed by atoms with van der Waals surface area (Å²) in [5.74, 6) is 0. The van der Waals surface area contributed by atoms with Crippen LogP contribution < -0.4 is 5.73 Å². The summed E-state index contributed by atoms with van der Waals surface area (Å²) >= 11 is 0. The molecule has 0 saturated heterocycles. The topological polar surface area (TPSA) is 49.5 Å². The SMILES string of the molecule is NC1CC(N(CCO)CC(F)F)C1. The summed E-state index contributed by atoms with van der Waals surface area (Å²) in [6.07, 6.45) is -0.789. The Morgan fingerprint density at radius 1 is 1.46 bits per heavy atom. The molecule has 78 valence electrons. The first-order valence-corrected chi connectivity index (χ1v) is 4.52. The highest BCUT2D eigenvalue weighted by atomic mass is 19.3. The van der Waals surface area contributed by atoms with Gasteiger partial charge in [0.05, 0.1) is 13.2 Å². The molecule has 0 heterocycles. The largest absolute Gasteiger partial charge is 0.395 e. The summed E-state index contributed by atoms with van der Waals surface area (Å²) in [5, 5.41) is 8.67. The molecule has 1 fully saturated rings. The molecule has 0 aromatic carbocycles. The van der Waals surface area contributed by atoms with Gasteiger partial charge in [-0.25, -0.2) is 8.78 Å². The van der Waals surface area contributed by atoms with Crippen LogP contribution in [0.15, 0.2) is 0 Å². The first-order valence-electron chi connectivity index (χ1n) is 4.52. The molecular weight excluding hydrogens is 178 g/mol. The zero-order valence-electron chi connectivity index (χ0n) is 7.50. The average molecular weight is 194 g/mol. The number of rotatable bonds is 5. The van der Waals surface area contributed by atoms with Gasteiger partial charge in [0, 0.05) is 18.6 Å². The van der Waals surface area contributed by atoms with Gasteiger partial charge in [0.2, 0.25) is 0 Å². The smallest absolute Gasteiger partial charge is 0.251 e. The lowest BCUT2D eigenvalue weighted by Crippen LogP contribution is -2.52. The zero-order valence-corrected chi connectivity index (χ0v) is 7.50. The van der Waals surface area contributed by atoms with E-state index in [-0.39, 0.29) is 25.2 Å². The van der Waals surface area contributed by atoms with Crippen LogP contribution in [-0.2, 0) is 0 Å². The minimum absolute atomic E-state index is 0.0710. The number of hydrogen-bond donors (Lipinski definition) is 2. The van der Waals surface area contributed by atoms with Gasteiger partial charge < -0.3 is 10.8 Å². The van der Waals surface area contributed by atoms with Gasteiger partial charge in [-0.05, 0) is 12.8 Å². The summed E-state index contributed by atoms with van der Waals surface area (Å²) in [7, 11) is 0. The Morgan fingerprint density at radius 3 is 2.46 bits per heavy atom. The number of aliphatic hydroxyl groups is 1. The number of hydrogen-bond acceptors (Lipinski definition) is 3.